The molecule has 0 saturated heterocycles. The van der Waals surface area contributed by atoms with E-state index in [0.717, 1.165) is 97.7 Å². The van der Waals surface area contributed by atoms with Gasteiger partial charge in [0.1, 0.15) is 16.8 Å². The van der Waals surface area contributed by atoms with Crippen LogP contribution in [0.25, 0.3) is 127 Å². The molecule has 5 aromatic heterocycles. The molecule has 63 heavy (non-hydrogen) atoms. The number of nitrogens with zero attached hydrogens (tertiary/aromatic N) is 6. The zero-order valence-electron chi connectivity index (χ0n) is 33.5. The SMILES string of the molecule is c1ccc(-c2nc(-c3cccc4c3sc3cccc(-c5nc(-c6ccccc6)c6oc7ccccc7c6n5)c34)nc(-c3cccc4c3c3ccccc3n4-c3ccccc3)n2)cc1. The average Bonchev–Trinajstić information content (AvgIpc) is 4.04. The first-order chi connectivity index (χ1) is 31.2. The molecule has 13 aromatic rings. The molecule has 0 atom stereocenters. The van der Waals surface area contributed by atoms with Crippen molar-refractivity contribution in [2.45, 2.75) is 0 Å². The van der Waals surface area contributed by atoms with Gasteiger partial charge in [-0.1, -0.05) is 146 Å². The zero-order valence-corrected chi connectivity index (χ0v) is 34.3. The minimum absolute atomic E-state index is 0.607. The van der Waals surface area contributed by atoms with Crippen LogP contribution < -0.4 is 0 Å². The second-order valence-corrected chi connectivity index (χ2v) is 16.6. The molecule has 0 radical (unpaired) electrons. The molecule has 0 saturated carbocycles. The van der Waals surface area contributed by atoms with Gasteiger partial charge in [0.2, 0.25) is 0 Å². The summed E-state index contributed by atoms with van der Waals surface area (Å²) in [6, 6.07) is 66.7. The predicted molar refractivity (Wildman–Crippen MR) is 257 cm³/mol. The van der Waals surface area contributed by atoms with Crippen LogP contribution in [0.2, 0.25) is 0 Å². The van der Waals surface area contributed by atoms with E-state index in [9.17, 15) is 0 Å². The maximum absolute atomic E-state index is 6.44. The van der Waals surface area contributed by atoms with Gasteiger partial charge in [0.25, 0.3) is 0 Å². The Morgan fingerprint density at radius 2 is 0.968 bits per heavy atom. The molecule has 8 heteroatoms. The maximum Gasteiger partial charge on any atom is 0.180 e. The zero-order chi connectivity index (χ0) is 41.4. The molecule has 0 fully saturated rings. The van der Waals surface area contributed by atoms with E-state index in [-0.39, 0.29) is 0 Å². The first kappa shape index (κ1) is 35.4. The molecule has 0 aliphatic carbocycles. The van der Waals surface area contributed by atoms with Crippen LogP contribution in [-0.4, -0.2) is 29.5 Å². The van der Waals surface area contributed by atoms with Gasteiger partial charge in [-0.05, 0) is 48.5 Å². The predicted octanol–water partition coefficient (Wildman–Crippen LogP) is 14.4. The van der Waals surface area contributed by atoms with Gasteiger partial charge in [-0.25, -0.2) is 24.9 Å². The molecule has 0 aliphatic heterocycles. The molecular weight excluding hydrogens is 793 g/mol. The first-order valence-electron chi connectivity index (χ1n) is 20.8. The summed E-state index contributed by atoms with van der Waals surface area (Å²) in [7, 11) is 0. The van der Waals surface area contributed by atoms with Crippen LogP contribution in [0.15, 0.2) is 199 Å². The van der Waals surface area contributed by atoms with Gasteiger partial charge < -0.3 is 8.98 Å². The van der Waals surface area contributed by atoms with Crippen molar-refractivity contribution in [2.24, 2.45) is 0 Å². The molecule has 5 heterocycles. The van der Waals surface area contributed by atoms with E-state index in [0.29, 0.717) is 28.9 Å². The highest BCUT2D eigenvalue weighted by atomic mass is 32.1. The summed E-state index contributed by atoms with van der Waals surface area (Å²) < 4.78 is 11.0. The Bertz CT molecular complexity index is 3910. The van der Waals surface area contributed by atoms with Crippen molar-refractivity contribution < 1.29 is 4.42 Å². The molecule has 0 unspecified atom stereocenters. The Balaban J connectivity index is 1.04. The monoisotopic (exact) mass is 824 g/mol. The Morgan fingerprint density at radius 1 is 0.397 bits per heavy atom. The molecule has 8 aromatic carbocycles. The lowest BCUT2D eigenvalue weighted by Gasteiger charge is -2.11. The summed E-state index contributed by atoms with van der Waals surface area (Å²) in [5.74, 6) is 2.47. The van der Waals surface area contributed by atoms with Crippen molar-refractivity contribution in [3.63, 3.8) is 0 Å². The third-order valence-electron chi connectivity index (χ3n) is 11.9. The standard InChI is InChI=1S/C55H32N6OS/c1-4-17-33(18-5-1)48-50-49(37-24-11-13-31-44(37)62-50)57-53(56-48)40-27-16-32-45-47(40)38-25-14-28-41(51(38)63-45)55-59-52(34-19-6-2-7-20-34)58-54(60-55)39-26-15-30-43-46(39)36-23-10-12-29-42(36)61(43)35-21-8-3-9-22-35/h1-32H. The van der Waals surface area contributed by atoms with Crippen molar-refractivity contribution in [1.82, 2.24) is 29.5 Å². The van der Waals surface area contributed by atoms with Gasteiger partial charge in [-0.3, -0.25) is 0 Å². The van der Waals surface area contributed by atoms with Crippen LogP contribution in [0, 0.1) is 0 Å². The minimum Gasteiger partial charge on any atom is -0.452 e. The van der Waals surface area contributed by atoms with Crippen molar-refractivity contribution in [3.8, 4) is 62.5 Å². The number of benzene rings is 8. The normalized spacial score (nSPS) is 11.8. The Morgan fingerprint density at radius 3 is 1.78 bits per heavy atom. The number of rotatable bonds is 6. The van der Waals surface area contributed by atoms with E-state index in [4.69, 9.17) is 29.3 Å². The topological polar surface area (TPSA) is 82.5 Å². The number of hydrogen-bond donors (Lipinski definition) is 0. The van der Waals surface area contributed by atoms with E-state index < -0.39 is 0 Å². The number of hydrogen-bond acceptors (Lipinski definition) is 7. The fourth-order valence-electron chi connectivity index (χ4n) is 9.11. The van der Waals surface area contributed by atoms with Crippen molar-refractivity contribution in [1.29, 1.82) is 0 Å². The fraction of sp³-hybridized carbons (Fsp3) is 0. The third-order valence-corrected chi connectivity index (χ3v) is 13.1. The highest BCUT2D eigenvalue weighted by Gasteiger charge is 2.23. The van der Waals surface area contributed by atoms with E-state index in [2.05, 4.69) is 144 Å². The van der Waals surface area contributed by atoms with Gasteiger partial charge in [-0.2, -0.15) is 0 Å². The average molecular weight is 825 g/mol. The van der Waals surface area contributed by atoms with Gasteiger partial charge >= 0.3 is 0 Å². The van der Waals surface area contributed by atoms with E-state index in [1.807, 2.05) is 54.6 Å². The maximum atomic E-state index is 6.44. The van der Waals surface area contributed by atoms with E-state index in [1.165, 1.54) is 0 Å². The Kier molecular flexibility index (Phi) is 7.94. The number of fused-ring (bicyclic) bond motifs is 9. The molecule has 0 bridgehead atoms. The smallest absolute Gasteiger partial charge is 0.180 e. The summed E-state index contributed by atoms with van der Waals surface area (Å²) >= 11 is 1.73. The summed E-state index contributed by atoms with van der Waals surface area (Å²) in [5, 5.41) is 5.35. The lowest BCUT2D eigenvalue weighted by atomic mass is 10.0. The van der Waals surface area contributed by atoms with Gasteiger partial charge in [0.15, 0.2) is 28.9 Å². The highest BCUT2D eigenvalue weighted by molar-refractivity contribution is 7.26. The molecule has 0 N–H and O–H groups in total. The van der Waals surface area contributed by atoms with Gasteiger partial charge in [0.05, 0.1) is 11.0 Å². The molecular formula is C55H32N6OS. The van der Waals surface area contributed by atoms with E-state index >= 15 is 0 Å². The summed E-state index contributed by atoms with van der Waals surface area (Å²) in [6.07, 6.45) is 0. The second kappa shape index (κ2) is 14.1. The number of para-hydroxylation sites is 3. The number of aromatic nitrogens is 6. The lowest BCUT2D eigenvalue weighted by Crippen LogP contribution is -2.00. The van der Waals surface area contributed by atoms with E-state index in [1.54, 1.807) is 11.3 Å². The number of furan rings is 1. The minimum atomic E-state index is 0.607. The summed E-state index contributed by atoms with van der Waals surface area (Å²) in [4.78, 5) is 26.4. The third kappa shape index (κ3) is 5.62. The quantitative estimate of drug-likeness (QED) is 0.166. The van der Waals surface area contributed by atoms with Gasteiger partial charge in [-0.15, -0.1) is 11.3 Å². The molecule has 13 rings (SSSR count). The number of thiophene rings is 1. The van der Waals surface area contributed by atoms with Crippen LogP contribution >= 0.6 is 11.3 Å². The van der Waals surface area contributed by atoms with Crippen LogP contribution in [0.5, 0.6) is 0 Å². The molecule has 294 valence electrons. The largest absolute Gasteiger partial charge is 0.452 e. The molecule has 0 aliphatic rings. The summed E-state index contributed by atoms with van der Waals surface area (Å²) in [5.41, 5.74) is 11.0. The van der Waals surface area contributed by atoms with Crippen molar-refractivity contribution in [2.75, 3.05) is 0 Å². The fourth-order valence-corrected chi connectivity index (χ4v) is 10.3. The highest BCUT2D eigenvalue weighted by Crippen LogP contribution is 2.45. The molecule has 7 nitrogen and oxygen atoms in total. The van der Waals surface area contributed by atoms with Gasteiger partial charge in [0, 0.05) is 69.8 Å². The second-order valence-electron chi connectivity index (χ2n) is 15.6. The Hall–Kier alpha value is -8.33. The Labute approximate surface area is 364 Å². The van der Waals surface area contributed by atoms with Crippen LogP contribution in [0.4, 0.5) is 0 Å². The summed E-state index contributed by atoms with van der Waals surface area (Å²) in [6.45, 7) is 0. The first-order valence-corrected chi connectivity index (χ1v) is 21.7. The van der Waals surface area contributed by atoms with Crippen molar-refractivity contribution >= 4 is 75.4 Å². The van der Waals surface area contributed by atoms with Crippen LogP contribution in [0.3, 0.4) is 0 Å². The molecule has 0 spiro atoms. The van der Waals surface area contributed by atoms with Crippen LogP contribution in [-0.2, 0) is 0 Å². The van der Waals surface area contributed by atoms with Crippen molar-refractivity contribution in [3.05, 3.63) is 194 Å². The van der Waals surface area contributed by atoms with Crippen LogP contribution in [0.1, 0.15) is 0 Å². The lowest BCUT2D eigenvalue weighted by molar-refractivity contribution is 0.667. The molecule has 0 amide bonds.